The summed E-state index contributed by atoms with van der Waals surface area (Å²) in [6.07, 6.45) is 8.30. The van der Waals surface area contributed by atoms with Crippen LogP contribution < -0.4 is 15.8 Å². The summed E-state index contributed by atoms with van der Waals surface area (Å²) >= 11 is 0. The first-order chi connectivity index (χ1) is 15.6. The van der Waals surface area contributed by atoms with Crippen molar-refractivity contribution in [2.24, 2.45) is 5.73 Å². The molecule has 3 N–H and O–H groups in total. The number of pyridine rings is 1. The third kappa shape index (κ3) is 4.43. The van der Waals surface area contributed by atoms with E-state index >= 15 is 0 Å². The van der Waals surface area contributed by atoms with Gasteiger partial charge in [0, 0.05) is 31.5 Å². The zero-order valence-corrected chi connectivity index (χ0v) is 18.5. The first-order valence-electron chi connectivity index (χ1n) is 11.0. The van der Waals surface area contributed by atoms with Crippen LogP contribution in [-0.2, 0) is 19.7 Å². The highest BCUT2D eigenvalue weighted by Crippen LogP contribution is 2.39. The number of aryl methyl sites for hydroxylation is 2. The smallest absolute Gasteiger partial charge is 0.218 e. The summed E-state index contributed by atoms with van der Waals surface area (Å²) in [7, 11) is 0. The number of imidazole rings is 1. The lowest BCUT2D eigenvalue weighted by molar-refractivity contribution is 0.289. The van der Waals surface area contributed by atoms with Crippen molar-refractivity contribution in [3.05, 3.63) is 82.6 Å². The zero-order valence-electron chi connectivity index (χ0n) is 18.5. The predicted molar refractivity (Wildman–Crippen MR) is 125 cm³/mol. The largest absolute Gasteiger partial charge is 0.471 e. The minimum atomic E-state index is 0.357. The van der Waals surface area contributed by atoms with Crippen molar-refractivity contribution in [2.45, 2.75) is 52.3 Å². The molecule has 0 bridgehead atoms. The molecule has 4 aromatic rings. The number of nitrogens with one attached hydrogen (secondary N) is 1. The summed E-state index contributed by atoms with van der Waals surface area (Å²) < 4.78 is 7.98. The van der Waals surface area contributed by atoms with E-state index in [-0.39, 0.29) is 0 Å². The Morgan fingerprint density at radius 2 is 1.91 bits per heavy atom. The molecule has 0 atom stereocenters. The molecule has 0 spiro atoms. The van der Waals surface area contributed by atoms with E-state index < -0.39 is 0 Å². The van der Waals surface area contributed by atoms with Gasteiger partial charge < -0.3 is 20.2 Å². The number of fused-ring (bicyclic) bond motifs is 1. The Morgan fingerprint density at radius 3 is 2.66 bits per heavy atom. The fraction of sp³-hybridized carbons (Fsp3) is 0.320. The normalized spacial score (nSPS) is 13.5. The van der Waals surface area contributed by atoms with E-state index in [1.807, 2.05) is 12.3 Å². The Morgan fingerprint density at radius 1 is 1.09 bits per heavy atom. The van der Waals surface area contributed by atoms with E-state index in [1.54, 1.807) is 0 Å². The summed E-state index contributed by atoms with van der Waals surface area (Å²) in [6, 6.07) is 10.4. The minimum absolute atomic E-state index is 0.357. The van der Waals surface area contributed by atoms with Gasteiger partial charge in [0.25, 0.3) is 0 Å². The third-order valence-electron chi connectivity index (χ3n) is 6.02. The van der Waals surface area contributed by atoms with E-state index in [4.69, 9.17) is 10.5 Å². The molecule has 0 amide bonds. The van der Waals surface area contributed by atoms with Crippen LogP contribution in [0.15, 0.2) is 49.1 Å². The fourth-order valence-electron chi connectivity index (χ4n) is 4.11. The first kappa shape index (κ1) is 20.5. The zero-order chi connectivity index (χ0) is 22.1. The van der Waals surface area contributed by atoms with Gasteiger partial charge in [-0.2, -0.15) is 0 Å². The number of anilines is 1. The quantitative estimate of drug-likeness (QED) is 0.436. The molecule has 3 aromatic heterocycles. The molecular weight excluding hydrogens is 400 g/mol. The summed E-state index contributed by atoms with van der Waals surface area (Å²) in [5.74, 6) is 1.96. The summed E-state index contributed by atoms with van der Waals surface area (Å²) in [6.45, 7) is 5.81. The average molecular weight is 429 g/mol. The van der Waals surface area contributed by atoms with E-state index in [1.165, 1.54) is 41.4 Å². The lowest BCUT2D eigenvalue weighted by Gasteiger charge is -2.13. The molecule has 7 heteroatoms. The molecule has 0 saturated heterocycles. The molecule has 0 radical (unpaired) electrons. The third-order valence-corrected chi connectivity index (χ3v) is 6.02. The van der Waals surface area contributed by atoms with Gasteiger partial charge in [-0.3, -0.25) is 0 Å². The molecule has 3 heterocycles. The SMILES string of the molecule is Cc1cc(CN)cc(C)c1CNc1cc(OCc2cn3cc(C4CC4)ccc3n2)ncn1. The summed E-state index contributed by atoms with van der Waals surface area (Å²) in [5.41, 5.74) is 13.8. The standard InChI is InChI=1S/C25H28N6O/c1-16-7-18(10-26)8-17(2)22(16)11-27-23-9-25(29-15-28-23)32-14-21-13-31-12-20(19-3-4-19)5-6-24(31)30-21/h5-9,12-13,15,19H,3-4,10-11,14,26H2,1-2H3,(H,27,28,29). The number of aromatic nitrogens is 4. The second-order valence-electron chi connectivity index (χ2n) is 8.53. The molecule has 1 aromatic carbocycles. The van der Waals surface area contributed by atoms with Crippen LogP contribution >= 0.6 is 0 Å². The maximum Gasteiger partial charge on any atom is 0.218 e. The molecular formula is C25H28N6O. The van der Waals surface area contributed by atoms with Crippen molar-refractivity contribution >= 4 is 11.5 Å². The highest BCUT2D eigenvalue weighted by Gasteiger charge is 2.23. The Balaban J connectivity index is 1.23. The highest BCUT2D eigenvalue weighted by atomic mass is 16.5. The van der Waals surface area contributed by atoms with E-state index in [9.17, 15) is 0 Å². The van der Waals surface area contributed by atoms with Crippen LogP contribution in [0.1, 0.15) is 52.3 Å². The number of benzene rings is 1. The van der Waals surface area contributed by atoms with Crippen LogP contribution in [0.5, 0.6) is 5.88 Å². The summed E-state index contributed by atoms with van der Waals surface area (Å²) in [4.78, 5) is 13.2. The molecule has 0 aliphatic heterocycles. The molecule has 1 fully saturated rings. The van der Waals surface area contributed by atoms with Crippen LogP contribution in [0.3, 0.4) is 0 Å². The van der Waals surface area contributed by atoms with E-state index in [2.05, 4.69) is 69.0 Å². The molecule has 5 rings (SSSR count). The number of hydrogen-bond donors (Lipinski definition) is 2. The van der Waals surface area contributed by atoms with Gasteiger partial charge in [-0.1, -0.05) is 18.2 Å². The van der Waals surface area contributed by atoms with Gasteiger partial charge in [-0.05, 0) is 66.5 Å². The topological polar surface area (TPSA) is 90.4 Å². The maximum absolute atomic E-state index is 5.90. The average Bonchev–Trinajstić information content (AvgIpc) is 3.56. The van der Waals surface area contributed by atoms with Crippen LogP contribution in [0.25, 0.3) is 5.65 Å². The summed E-state index contributed by atoms with van der Waals surface area (Å²) in [5, 5.41) is 3.38. The molecule has 1 aliphatic rings. The van der Waals surface area contributed by atoms with Crippen LogP contribution in [0.2, 0.25) is 0 Å². The molecule has 164 valence electrons. The number of nitrogens with two attached hydrogens (primary N) is 1. The lowest BCUT2D eigenvalue weighted by Crippen LogP contribution is -2.07. The Bertz CT molecular complexity index is 1240. The Labute approximate surface area is 187 Å². The van der Waals surface area contributed by atoms with Crippen molar-refractivity contribution in [1.82, 2.24) is 19.4 Å². The second-order valence-corrected chi connectivity index (χ2v) is 8.53. The van der Waals surface area contributed by atoms with Gasteiger partial charge in [0.2, 0.25) is 5.88 Å². The highest BCUT2D eigenvalue weighted by molar-refractivity contribution is 5.44. The van der Waals surface area contributed by atoms with Gasteiger partial charge >= 0.3 is 0 Å². The van der Waals surface area contributed by atoms with Crippen molar-refractivity contribution < 1.29 is 4.74 Å². The minimum Gasteiger partial charge on any atom is -0.471 e. The lowest BCUT2D eigenvalue weighted by atomic mass is 9.99. The molecule has 1 saturated carbocycles. The van der Waals surface area contributed by atoms with Gasteiger partial charge in [0.1, 0.15) is 24.4 Å². The van der Waals surface area contributed by atoms with Gasteiger partial charge in [0.05, 0.1) is 5.69 Å². The molecule has 1 aliphatic carbocycles. The predicted octanol–water partition coefficient (Wildman–Crippen LogP) is 4.27. The molecule has 32 heavy (non-hydrogen) atoms. The van der Waals surface area contributed by atoms with Crippen LogP contribution in [-0.4, -0.2) is 19.4 Å². The van der Waals surface area contributed by atoms with Crippen molar-refractivity contribution in [1.29, 1.82) is 0 Å². The monoisotopic (exact) mass is 428 g/mol. The van der Waals surface area contributed by atoms with Crippen molar-refractivity contribution in [3.8, 4) is 5.88 Å². The Kier molecular flexibility index (Phi) is 5.49. The number of rotatable bonds is 8. The van der Waals surface area contributed by atoms with E-state index in [0.717, 1.165) is 28.6 Å². The van der Waals surface area contributed by atoms with Crippen molar-refractivity contribution in [3.63, 3.8) is 0 Å². The van der Waals surface area contributed by atoms with Crippen molar-refractivity contribution in [2.75, 3.05) is 5.32 Å². The molecule has 7 nitrogen and oxygen atoms in total. The second kappa shape index (κ2) is 8.59. The number of nitrogens with zero attached hydrogens (tertiary/aromatic N) is 4. The van der Waals surface area contributed by atoms with Crippen LogP contribution in [0, 0.1) is 13.8 Å². The number of ether oxygens (including phenoxy) is 1. The van der Waals surface area contributed by atoms with Gasteiger partial charge in [-0.25, -0.2) is 15.0 Å². The Hall–Kier alpha value is -3.45. The maximum atomic E-state index is 5.90. The van der Waals surface area contributed by atoms with Gasteiger partial charge in [-0.15, -0.1) is 0 Å². The van der Waals surface area contributed by atoms with Gasteiger partial charge in [0.15, 0.2) is 0 Å². The van der Waals surface area contributed by atoms with E-state index in [0.29, 0.717) is 25.6 Å². The number of hydrogen-bond acceptors (Lipinski definition) is 6. The fourth-order valence-corrected chi connectivity index (χ4v) is 4.11. The van der Waals surface area contributed by atoms with Crippen LogP contribution in [0.4, 0.5) is 5.82 Å². The first-order valence-corrected chi connectivity index (χ1v) is 11.0. The molecule has 0 unspecified atom stereocenters.